The molecule has 0 saturated heterocycles. The highest BCUT2D eigenvalue weighted by atomic mass is 15.2. The Labute approximate surface area is 87.8 Å². The normalized spacial score (nSPS) is 26.8. The highest BCUT2D eigenvalue weighted by Crippen LogP contribution is 2.36. The molecule has 2 rings (SSSR count). The molecule has 2 N–H and O–H groups in total. The first-order valence-electron chi connectivity index (χ1n) is 6.18. The van der Waals surface area contributed by atoms with E-state index in [9.17, 15) is 0 Å². The quantitative estimate of drug-likeness (QED) is 0.745. The van der Waals surface area contributed by atoms with E-state index in [-0.39, 0.29) is 0 Å². The zero-order chi connectivity index (χ0) is 10.0. The van der Waals surface area contributed by atoms with Crippen molar-refractivity contribution in [1.82, 2.24) is 4.90 Å². The van der Waals surface area contributed by atoms with Crippen molar-refractivity contribution in [2.45, 2.75) is 50.5 Å². The second kappa shape index (κ2) is 4.19. The molecule has 0 unspecified atom stereocenters. The molecular formula is C12H24N2. The standard InChI is InChI=1S/C12H24N2/c1-14(9-11-5-6-11)12(10-13)7-3-2-4-8-12/h11H,2-10,13H2,1H3. The average Bonchev–Trinajstić information content (AvgIpc) is 3.02. The predicted molar refractivity (Wildman–Crippen MR) is 60.2 cm³/mol. The van der Waals surface area contributed by atoms with Crippen molar-refractivity contribution in [3.05, 3.63) is 0 Å². The van der Waals surface area contributed by atoms with E-state index in [1.165, 1.54) is 51.5 Å². The molecule has 0 aromatic carbocycles. The van der Waals surface area contributed by atoms with Crippen LogP contribution in [-0.2, 0) is 0 Å². The number of rotatable bonds is 4. The largest absolute Gasteiger partial charge is 0.329 e. The smallest absolute Gasteiger partial charge is 0.0328 e. The van der Waals surface area contributed by atoms with Crippen LogP contribution in [0.3, 0.4) is 0 Å². The van der Waals surface area contributed by atoms with Gasteiger partial charge in [0.25, 0.3) is 0 Å². The van der Waals surface area contributed by atoms with E-state index in [0.717, 1.165) is 12.5 Å². The van der Waals surface area contributed by atoms with Crippen molar-refractivity contribution in [3.63, 3.8) is 0 Å². The first-order chi connectivity index (χ1) is 6.77. The van der Waals surface area contributed by atoms with Gasteiger partial charge < -0.3 is 5.73 Å². The van der Waals surface area contributed by atoms with Gasteiger partial charge in [0.2, 0.25) is 0 Å². The van der Waals surface area contributed by atoms with Gasteiger partial charge in [-0.15, -0.1) is 0 Å². The fraction of sp³-hybridized carbons (Fsp3) is 1.00. The SMILES string of the molecule is CN(CC1CC1)C1(CN)CCCCC1. The molecule has 2 nitrogen and oxygen atoms in total. The Bertz CT molecular complexity index is 181. The van der Waals surface area contributed by atoms with Crippen molar-refractivity contribution in [3.8, 4) is 0 Å². The highest BCUT2D eigenvalue weighted by Gasteiger charge is 2.37. The number of hydrogen-bond donors (Lipinski definition) is 1. The summed E-state index contributed by atoms with van der Waals surface area (Å²) in [4.78, 5) is 2.57. The van der Waals surface area contributed by atoms with Gasteiger partial charge in [-0.25, -0.2) is 0 Å². The molecule has 2 aliphatic carbocycles. The molecule has 2 saturated carbocycles. The van der Waals surface area contributed by atoms with Crippen molar-refractivity contribution in [1.29, 1.82) is 0 Å². The summed E-state index contributed by atoms with van der Waals surface area (Å²) >= 11 is 0. The van der Waals surface area contributed by atoms with Gasteiger partial charge in [0.15, 0.2) is 0 Å². The maximum atomic E-state index is 5.99. The maximum Gasteiger partial charge on any atom is 0.0328 e. The van der Waals surface area contributed by atoms with E-state index in [1.807, 2.05) is 0 Å². The van der Waals surface area contributed by atoms with E-state index >= 15 is 0 Å². The Morgan fingerprint density at radius 3 is 2.36 bits per heavy atom. The first kappa shape index (κ1) is 10.4. The summed E-state index contributed by atoms with van der Waals surface area (Å²) in [7, 11) is 2.29. The molecule has 0 atom stereocenters. The molecule has 0 aromatic heterocycles. The van der Waals surface area contributed by atoms with E-state index in [1.54, 1.807) is 0 Å². The number of nitrogens with two attached hydrogens (primary N) is 1. The highest BCUT2D eigenvalue weighted by molar-refractivity contribution is 4.94. The van der Waals surface area contributed by atoms with Gasteiger partial charge in [-0.05, 0) is 38.6 Å². The summed E-state index contributed by atoms with van der Waals surface area (Å²) in [6, 6.07) is 0. The van der Waals surface area contributed by atoms with Crippen LogP contribution in [0.1, 0.15) is 44.9 Å². The number of likely N-dealkylation sites (N-methyl/N-ethyl adjacent to an activating group) is 1. The van der Waals surface area contributed by atoms with Gasteiger partial charge in [-0.1, -0.05) is 19.3 Å². The first-order valence-corrected chi connectivity index (χ1v) is 6.18. The molecule has 0 heterocycles. The van der Waals surface area contributed by atoms with Crippen molar-refractivity contribution >= 4 is 0 Å². The van der Waals surface area contributed by atoms with Crippen LogP contribution in [0.2, 0.25) is 0 Å². The molecule has 0 spiro atoms. The van der Waals surface area contributed by atoms with Crippen molar-refractivity contribution in [2.24, 2.45) is 11.7 Å². The summed E-state index contributed by atoms with van der Waals surface area (Å²) in [6.45, 7) is 2.15. The second-order valence-electron chi connectivity index (χ2n) is 5.31. The van der Waals surface area contributed by atoms with Crippen molar-refractivity contribution in [2.75, 3.05) is 20.1 Å². The van der Waals surface area contributed by atoms with Crippen LogP contribution in [0.4, 0.5) is 0 Å². The van der Waals surface area contributed by atoms with E-state index in [4.69, 9.17) is 5.73 Å². The number of nitrogens with zero attached hydrogens (tertiary/aromatic N) is 1. The number of hydrogen-bond acceptors (Lipinski definition) is 2. The topological polar surface area (TPSA) is 29.3 Å². The van der Waals surface area contributed by atoms with Gasteiger partial charge >= 0.3 is 0 Å². The predicted octanol–water partition coefficient (Wildman–Crippen LogP) is 1.99. The summed E-state index contributed by atoms with van der Waals surface area (Å²) < 4.78 is 0. The van der Waals surface area contributed by atoms with E-state index in [0.29, 0.717) is 5.54 Å². The second-order valence-corrected chi connectivity index (χ2v) is 5.31. The Morgan fingerprint density at radius 1 is 1.21 bits per heavy atom. The lowest BCUT2D eigenvalue weighted by Crippen LogP contribution is -2.53. The van der Waals surface area contributed by atoms with Crippen LogP contribution in [0, 0.1) is 5.92 Å². The van der Waals surface area contributed by atoms with Crippen LogP contribution in [-0.4, -0.2) is 30.6 Å². The minimum Gasteiger partial charge on any atom is -0.329 e. The van der Waals surface area contributed by atoms with Gasteiger partial charge in [-0.2, -0.15) is 0 Å². The average molecular weight is 196 g/mol. The van der Waals surface area contributed by atoms with Gasteiger partial charge in [-0.3, -0.25) is 4.90 Å². The summed E-state index contributed by atoms with van der Waals surface area (Å²) in [5, 5.41) is 0. The lowest BCUT2D eigenvalue weighted by Gasteiger charge is -2.44. The van der Waals surface area contributed by atoms with E-state index in [2.05, 4.69) is 11.9 Å². The molecule has 0 radical (unpaired) electrons. The Hall–Kier alpha value is -0.0800. The lowest BCUT2D eigenvalue weighted by atomic mass is 9.80. The minimum absolute atomic E-state index is 0.362. The molecule has 14 heavy (non-hydrogen) atoms. The van der Waals surface area contributed by atoms with Gasteiger partial charge in [0, 0.05) is 18.6 Å². The molecule has 0 aliphatic heterocycles. The third kappa shape index (κ3) is 2.12. The van der Waals surface area contributed by atoms with E-state index < -0.39 is 0 Å². The van der Waals surface area contributed by atoms with Crippen LogP contribution >= 0.6 is 0 Å². The minimum atomic E-state index is 0.362. The van der Waals surface area contributed by atoms with Crippen LogP contribution in [0.15, 0.2) is 0 Å². The summed E-state index contributed by atoms with van der Waals surface area (Å²) in [5.41, 5.74) is 6.36. The van der Waals surface area contributed by atoms with Crippen molar-refractivity contribution < 1.29 is 0 Å². The Morgan fingerprint density at radius 2 is 1.86 bits per heavy atom. The van der Waals surface area contributed by atoms with Gasteiger partial charge in [0.1, 0.15) is 0 Å². The molecular weight excluding hydrogens is 172 g/mol. The molecule has 82 valence electrons. The Kier molecular flexibility index (Phi) is 3.13. The molecule has 0 aromatic rings. The monoisotopic (exact) mass is 196 g/mol. The third-order valence-corrected chi connectivity index (χ3v) is 4.20. The summed E-state index contributed by atoms with van der Waals surface area (Å²) in [5.74, 6) is 0.991. The fourth-order valence-corrected chi connectivity index (χ4v) is 2.83. The zero-order valence-electron chi connectivity index (χ0n) is 9.47. The third-order valence-electron chi connectivity index (χ3n) is 4.20. The zero-order valence-corrected chi connectivity index (χ0v) is 9.47. The lowest BCUT2D eigenvalue weighted by molar-refractivity contribution is 0.0783. The fourth-order valence-electron chi connectivity index (χ4n) is 2.83. The molecule has 0 amide bonds. The van der Waals surface area contributed by atoms with Crippen LogP contribution in [0.25, 0.3) is 0 Å². The van der Waals surface area contributed by atoms with Crippen LogP contribution < -0.4 is 5.73 Å². The molecule has 2 heteroatoms. The molecule has 2 aliphatic rings. The molecule has 0 bridgehead atoms. The Balaban J connectivity index is 1.93. The maximum absolute atomic E-state index is 5.99. The van der Waals surface area contributed by atoms with Gasteiger partial charge in [0.05, 0.1) is 0 Å². The summed E-state index contributed by atoms with van der Waals surface area (Å²) in [6.07, 6.45) is 9.73. The van der Waals surface area contributed by atoms with Crippen LogP contribution in [0.5, 0.6) is 0 Å². The molecule has 2 fully saturated rings.